The molecule has 1 aliphatic heterocycles. The van der Waals surface area contributed by atoms with Crippen molar-refractivity contribution in [3.8, 4) is 0 Å². The zero-order chi connectivity index (χ0) is 18.3. The van der Waals surface area contributed by atoms with Gasteiger partial charge in [0.15, 0.2) is 0 Å². The standard InChI is InChI=1S/C18H24N6O2/c1-22-16(9-17(25)23(2)18(22)26)24-8-7-12(11-24)20-15-10-19-13-5-3-4-6-14(13)21-15/h9-10,12H,3-8,11H2,1-2H3,(H,20,21)/t12-/m0/s1. The molecule has 26 heavy (non-hydrogen) atoms. The Morgan fingerprint density at radius 3 is 2.69 bits per heavy atom. The first-order valence-electron chi connectivity index (χ1n) is 9.16. The first-order valence-corrected chi connectivity index (χ1v) is 9.16. The molecule has 0 unspecified atom stereocenters. The van der Waals surface area contributed by atoms with E-state index in [0.29, 0.717) is 5.82 Å². The second-order valence-electron chi connectivity index (χ2n) is 7.17. The summed E-state index contributed by atoms with van der Waals surface area (Å²) < 4.78 is 2.65. The highest BCUT2D eigenvalue weighted by atomic mass is 16.2. The van der Waals surface area contributed by atoms with Crippen molar-refractivity contribution in [2.45, 2.75) is 38.1 Å². The lowest BCUT2D eigenvalue weighted by Crippen LogP contribution is -2.40. The van der Waals surface area contributed by atoms with Gasteiger partial charge in [-0.2, -0.15) is 0 Å². The lowest BCUT2D eigenvalue weighted by atomic mass is 10.0. The minimum atomic E-state index is -0.301. The lowest BCUT2D eigenvalue weighted by Gasteiger charge is -2.22. The highest BCUT2D eigenvalue weighted by molar-refractivity contribution is 5.43. The van der Waals surface area contributed by atoms with Gasteiger partial charge >= 0.3 is 5.69 Å². The quantitative estimate of drug-likeness (QED) is 0.859. The molecule has 2 aromatic heterocycles. The molecular weight excluding hydrogens is 332 g/mol. The van der Waals surface area contributed by atoms with Gasteiger partial charge in [0.25, 0.3) is 5.56 Å². The zero-order valence-electron chi connectivity index (χ0n) is 15.2. The Hall–Kier alpha value is -2.64. The molecule has 0 aromatic carbocycles. The maximum Gasteiger partial charge on any atom is 0.332 e. The van der Waals surface area contributed by atoms with Crippen molar-refractivity contribution < 1.29 is 0 Å². The third-order valence-corrected chi connectivity index (χ3v) is 5.37. The van der Waals surface area contributed by atoms with Crippen molar-refractivity contribution in [3.63, 3.8) is 0 Å². The number of aryl methyl sites for hydroxylation is 2. The molecule has 2 aliphatic rings. The van der Waals surface area contributed by atoms with Crippen molar-refractivity contribution in [1.29, 1.82) is 0 Å². The van der Waals surface area contributed by atoms with E-state index in [1.807, 2.05) is 6.20 Å². The Kier molecular flexibility index (Phi) is 4.26. The molecule has 3 heterocycles. The molecule has 8 nitrogen and oxygen atoms in total. The molecule has 1 saturated heterocycles. The van der Waals surface area contributed by atoms with Crippen LogP contribution in [0.3, 0.4) is 0 Å². The molecule has 1 atom stereocenters. The summed E-state index contributed by atoms with van der Waals surface area (Å²) in [4.78, 5) is 35.5. The van der Waals surface area contributed by atoms with E-state index in [2.05, 4.69) is 15.2 Å². The number of hydrogen-bond donors (Lipinski definition) is 1. The minimum Gasteiger partial charge on any atom is -0.364 e. The smallest absolute Gasteiger partial charge is 0.332 e. The number of anilines is 2. The third-order valence-electron chi connectivity index (χ3n) is 5.37. The van der Waals surface area contributed by atoms with Gasteiger partial charge in [-0.15, -0.1) is 0 Å². The Balaban J connectivity index is 1.49. The van der Waals surface area contributed by atoms with Crippen molar-refractivity contribution in [3.05, 3.63) is 44.5 Å². The second kappa shape index (κ2) is 6.59. The van der Waals surface area contributed by atoms with E-state index < -0.39 is 0 Å². The SMILES string of the molecule is Cn1c(N2CC[C@H](Nc3cnc4c(n3)CCCC4)C2)cc(=O)n(C)c1=O. The number of nitrogens with zero attached hydrogens (tertiary/aromatic N) is 5. The first-order chi connectivity index (χ1) is 12.5. The summed E-state index contributed by atoms with van der Waals surface area (Å²) in [5.41, 5.74) is 1.67. The van der Waals surface area contributed by atoms with E-state index in [9.17, 15) is 9.59 Å². The molecule has 0 amide bonds. The van der Waals surface area contributed by atoms with Gasteiger partial charge in [0.2, 0.25) is 0 Å². The Morgan fingerprint density at radius 1 is 1.12 bits per heavy atom. The predicted octanol–water partition coefficient (Wildman–Crippen LogP) is 0.444. The molecule has 2 aromatic rings. The van der Waals surface area contributed by atoms with Crippen LogP contribution in [0.4, 0.5) is 11.6 Å². The Labute approximate surface area is 151 Å². The van der Waals surface area contributed by atoms with Crippen LogP contribution < -0.4 is 21.5 Å². The minimum absolute atomic E-state index is 0.213. The van der Waals surface area contributed by atoms with Crippen LogP contribution in [0, 0.1) is 0 Å². The van der Waals surface area contributed by atoms with Crippen molar-refractivity contribution in [2.75, 3.05) is 23.3 Å². The third kappa shape index (κ3) is 3.00. The summed E-state index contributed by atoms with van der Waals surface area (Å²) in [5, 5.41) is 3.46. The van der Waals surface area contributed by atoms with Gasteiger partial charge in [-0.3, -0.25) is 18.9 Å². The Morgan fingerprint density at radius 2 is 1.88 bits per heavy atom. The van der Waals surface area contributed by atoms with Crippen LogP contribution >= 0.6 is 0 Å². The Bertz CT molecular complexity index is 948. The number of fused-ring (bicyclic) bond motifs is 1. The maximum absolute atomic E-state index is 12.1. The predicted molar refractivity (Wildman–Crippen MR) is 99.8 cm³/mol. The van der Waals surface area contributed by atoms with Gasteiger partial charge in [0.05, 0.1) is 17.6 Å². The van der Waals surface area contributed by atoms with Gasteiger partial charge in [-0.05, 0) is 32.1 Å². The average Bonchev–Trinajstić information content (AvgIpc) is 3.11. The second-order valence-corrected chi connectivity index (χ2v) is 7.17. The summed E-state index contributed by atoms with van der Waals surface area (Å²) in [6.07, 6.45) is 7.14. The molecule has 0 bridgehead atoms. The fourth-order valence-corrected chi connectivity index (χ4v) is 3.84. The largest absolute Gasteiger partial charge is 0.364 e. The van der Waals surface area contributed by atoms with E-state index in [0.717, 1.165) is 54.1 Å². The molecule has 138 valence electrons. The monoisotopic (exact) mass is 356 g/mol. The van der Waals surface area contributed by atoms with Crippen LogP contribution in [0.25, 0.3) is 0 Å². The molecule has 0 saturated carbocycles. The normalized spacial score (nSPS) is 19.5. The van der Waals surface area contributed by atoms with E-state index in [4.69, 9.17) is 4.98 Å². The number of aromatic nitrogens is 4. The van der Waals surface area contributed by atoms with Crippen molar-refractivity contribution in [1.82, 2.24) is 19.1 Å². The van der Waals surface area contributed by atoms with Gasteiger partial charge < -0.3 is 10.2 Å². The average molecular weight is 356 g/mol. The van der Waals surface area contributed by atoms with E-state index in [1.165, 1.54) is 30.5 Å². The van der Waals surface area contributed by atoms with Gasteiger partial charge in [-0.1, -0.05) is 0 Å². The number of nitrogens with one attached hydrogen (secondary N) is 1. The fraction of sp³-hybridized carbons (Fsp3) is 0.556. The lowest BCUT2D eigenvalue weighted by molar-refractivity contribution is 0.648. The van der Waals surface area contributed by atoms with Crippen LogP contribution in [0.1, 0.15) is 30.7 Å². The van der Waals surface area contributed by atoms with Gasteiger partial charge in [0.1, 0.15) is 11.6 Å². The van der Waals surface area contributed by atoms with Crippen LogP contribution in [0.15, 0.2) is 21.9 Å². The summed E-state index contributed by atoms with van der Waals surface area (Å²) in [7, 11) is 3.20. The van der Waals surface area contributed by atoms with E-state index in [1.54, 1.807) is 7.05 Å². The van der Waals surface area contributed by atoms with Crippen molar-refractivity contribution >= 4 is 11.6 Å². The summed E-state index contributed by atoms with van der Waals surface area (Å²) in [6.45, 7) is 1.51. The van der Waals surface area contributed by atoms with Gasteiger partial charge in [-0.25, -0.2) is 9.78 Å². The van der Waals surface area contributed by atoms with Crippen LogP contribution in [0.2, 0.25) is 0 Å². The van der Waals surface area contributed by atoms with Gasteiger partial charge in [0, 0.05) is 39.3 Å². The molecule has 1 fully saturated rings. The molecule has 8 heteroatoms. The summed E-state index contributed by atoms with van der Waals surface area (Å²) in [6, 6.07) is 1.74. The van der Waals surface area contributed by atoms with E-state index >= 15 is 0 Å². The van der Waals surface area contributed by atoms with Crippen LogP contribution in [-0.4, -0.2) is 38.2 Å². The number of hydrogen-bond acceptors (Lipinski definition) is 6. The molecular formula is C18H24N6O2. The molecule has 1 N–H and O–H groups in total. The highest BCUT2D eigenvalue weighted by Gasteiger charge is 2.25. The fourth-order valence-electron chi connectivity index (χ4n) is 3.84. The summed E-state index contributed by atoms with van der Waals surface area (Å²) in [5.74, 6) is 1.48. The topological polar surface area (TPSA) is 85.1 Å². The van der Waals surface area contributed by atoms with Crippen LogP contribution in [0.5, 0.6) is 0 Å². The molecule has 4 rings (SSSR count). The number of rotatable bonds is 3. The van der Waals surface area contributed by atoms with Crippen LogP contribution in [-0.2, 0) is 26.9 Å². The molecule has 0 radical (unpaired) electrons. The summed E-state index contributed by atoms with van der Waals surface area (Å²) >= 11 is 0. The zero-order valence-corrected chi connectivity index (χ0v) is 15.2. The first kappa shape index (κ1) is 16.8. The van der Waals surface area contributed by atoms with E-state index in [-0.39, 0.29) is 17.3 Å². The van der Waals surface area contributed by atoms with Crippen molar-refractivity contribution in [2.24, 2.45) is 14.1 Å². The maximum atomic E-state index is 12.1. The highest BCUT2D eigenvalue weighted by Crippen LogP contribution is 2.22. The molecule has 1 aliphatic carbocycles. The molecule has 0 spiro atoms.